The van der Waals surface area contributed by atoms with Crippen molar-refractivity contribution in [2.75, 3.05) is 13.2 Å². The maximum atomic E-state index is 11.2. The highest BCUT2D eigenvalue weighted by molar-refractivity contribution is 5.86. The molecule has 0 radical (unpaired) electrons. The fraction of sp³-hybridized carbons (Fsp3) is 0.500. The number of ether oxygens (including phenoxy) is 2. The molecular weight excluding hydrogens is 264 g/mol. The third-order valence-electron chi connectivity index (χ3n) is 3.28. The zero-order valence-electron chi connectivity index (χ0n) is 13.4. The lowest BCUT2D eigenvalue weighted by Crippen LogP contribution is -2.06. The van der Waals surface area contributed by atoms with E-state index in [1.807, 2.05) is 6.07 Å². The van der Waals surface area contributed by atoms with E-state index >= 15 is 0 Å². The Morgan fingerprint density at radius 1 is 1.05 bits per heavy atom. The summed E-state index contributed by atoms with van der Waals surface area (Å²) in [6, 6.07) is 6.18. The topological polar surface area (TPSA) is 35.5 Å². The molecule has 3 heteroatoms. The molecule has 1 aromatic rings. The molecule has 0 bridgehead atoms. The molecule has 1 rings (SSSR count). The first kappa shape index (κ1) is 17.3. The molecule has 0 aliphatic heterocycles. The fourth-order valence-electron chi connectivity index (χ4n) is 2.05. The third-order valence-corrected chi connectivity index (χ3v) is 3.28. The maximum absolute atomic E-state index is 11.2. The molecule has 0 N–H and O–H groups in total. The second-order valence-corrected chi connectivity index (χ2v) is 5.40. The number of hydrogen-bond acceptors (Lipinski definition) is 3. The van der Waals surface area contributed by atoms with Gasteiger partial charge in [-0.15, -0.1) is 0 Å². The van der Waals surface area contributed by atoms with E-state index in [9.17, 15) is 4.79 Å². The molecule has 0 saturated carbocycles. The first-order chi connectivity index (χ1) is 10.0. The van der Waals surface area contributed by atoms with Gasteiger partial charge in [-0.2, -0.15) is 0 Å². The number of rotatable bonds is 9. The second-order valence-electron chi connectivity index (χ2n) is 5.40. The number of carbonyl (C=O) groups is 1. The zero-order valence-corrected chi connectivity index (χ0v) is 13.4. The minimum absolute atomic E-state index is 0.298. The first-order valence-corrected chi connectivity index (χ1v) is 7.54. The Balaban J connectivity index is 2.08. The maximum Gasteiger partial charge on any atom is 0.333 e. The number of unbranched alkanes of at least 4 members (excludes halogenated alkanes) is 3. The molecule has 0 saturated heterocycles. The average Bonchev–Trinajstić information content (AvgIpc) is 2.44. The molecule has 3 nitrogen and oxygen atoms in total. The molecular formula is C18H26O3. The van der Waals surface area contributed by atoms with Crippen molar-refractivity contribution in [1.29, 1.82) is 0 Å². The Morgan fingerprint density at radius 2 is 1.62 bits per heavy atom. The van der Waals surface area contributed by atoms with Crippen LogP contribution in [-0.2, 0) is 9.53 Å². The Labute approximate surface area is 128 Å². The van der Waals surface area contributed by atoms with Gasteiger partial charge in [-0.1, -0.05) is 24.8 Å². The predicted octanol–water partition coefficient (Wildman–Crippen LogP) is 4.36. The highest BCUT2D eigenvalue weighted by atomic mass is 16.5. The highest BCUT2D eigenvalue weighted by Gasteiger charge is 2.03. The summed E-state index contributed by atoms with van der Waals surface area (Å²) in [6.07, 6.45) is 4.03. The van der Waals surface area contributed by atoms with Crippen LogP contribution in [0.2, 0.25) is 0 Å². The fourth-order valence-corrected chi connectivity index (χ4v) is 2.05. The lowest BCUT2D eigenvalue weighted by molar-refractivity contribution is -0.139. The lowest BCUT2D eigenvalue weighted by atomic mass is 10.1. The summed E-state index contributed by atoms with van der Waals surface area (Å²) in [5.74, 6) is 0.709. The predicted molar refractivity (Wildman–Crippen MR) is 85.7 cm³/mol. The van der Waals surface area contributed by atoms with Crippen LogP contribution >= 0.6 is 0 Å². The van der Waals surface area contributed by atoms with E-state index in [-0.39, 0.29) is 5.97 Å². The summed E-state index contributed by atoms with van der Waals surface area (Å²) < 4.78 is 10.9. The van der Waals surface area contributed by atoms with E-state index in [4.69, 9.17) is 9.47 Å². The van der Waals surface area contributed by atoms with Gasteiger partial charge in [-0.25, -0.2) is 4.79 Å². The van der Waals surface area contributed by atoms with E-state index in [0.717, 1.165) is 38.0 Å². The number of carbonyl (C=O) groups excluding carboxylic acids is 1. The van der Waals surface area contributed by atoms with Crippen LogP contribution in [0.4, 0.5) is 0 Å². The first-order valence-electron chi connectivity index (χ1n) is 7.54. The zero-order chi connectivity index (χ0) is 15.7. The van der Waals surface area contributed by atoms with Gasteiger partial charge in [0.15, 0.2) is 0 Å². The molecule has 1 aromatic carbocycles. The molecule has 0 spiro atoms. The van der Waals surface area contributed by atoms with E-state index in [2.05, 4.69) is 32.6 Å². The summed E-state index contributed by atoms with van der Waals surface area (Å²) in [7, 11) is 0. The molecule has 0 heterocycles. The monoisotopic (exact) mass is 290 g/mol. The molecule has 0 fully saturated rings. The minimum Gasteiger partial charge on any atom is -0.493 e. The number of esters is 1. The summed E-state index contributed by atoms with van der Waals surface area (Å²) >= 11 is 0. The highest BCUT2D eigenvalue weighted by Crippen LogP contribution is 2.22. The van der Waals surface area contributed by atoms with Crippen LogP contribution in [0.25, 0.3) is 0 Å². The molecule has 0 atom stereocenters. The molecule has 116 valence electrons. The van der Waals surface area contributed by atoms with Gasteiger partial charge in [-0.3, -0.25) is 0 Å². The van der Waals surface area contributed by atoms with Crippen molar-refractivity contribution < 1.29 is 14.3 Å². The van der Waals surface area contributed by atoms with E-state index in [0.29, 0.717) is 12.2 Å². The quantitative estimate of drug-likeness (QED) is 0.385. The second kappa shape index (κ2) is 9.22. The lowest BCUT2D eigenvalue weighted by Gasteiger charge is -2.11. The van der Waals surface area contributed by atoms with Gasteiger partial charge in [0, 0.05) is 5.57 Å². The SMILES string of the molecule is C=C(C)C(=O)OCCCCCCOc1c(C)cccc1C. The van der Waals surface area contributed by atoms with Gasteiger partial charge in [-0.05, 0) is 57.6 Å². The van der Waals surface area contributed by atoms with E-state index in [1.54, 1.807) is 6.92 Å². The Bertz CT molecular complexity index is 457. The summed E-state index contributed by atoms with van der Waals surface area (Å²) in [6.45, 7) is 10.6. The van der Waals surface area contributed by atoms with Crippen LogP contribution in [0.1, 0.15) is 43.7 Å². The third kappa shape index (κ3) is 6.48. The van der Waals surface area contributed by atoms with Crippen LogP contribution in [0, 0.1) is 13.8 Å². The van der Waals surface area contributed by atoms with Crippen LogP contribution in [-0.4, -0.2) is 19.2 Å². The summed E-state index contributed by atoms with van der Waals surface area (Å²) in [4.78, 5) is 11.2. The Kier molecular flexibility index (Phi) is 7.59. The molecule has 0 aliphatic carbocycles. The van der Waals surface area contributed by atoms with Crippen LogP contribution in [0.3, 0.4) is 0 Å². The van der Waals surface area contributed by atoms with Gasteiger partial charge < -0.3 is 9.47 Å². The molecule has 21 heavy (non-hydrogen) atoms. The van der Waals surface area contributed by atoms with E-state index < -0.39 is 0 Å². The van der Waals surface area contributed by atoms with Gasteiger partial charge in [0.05, 0.1) is 13.2 Å². The van der Waals surface area contributed by atoms with Crippen molar-refractivity contribution in [3.05, 3.63) is 41.5 Å². The van der Waals surface area contributed by atoms with Crippen molar-refractivity contribution in [1.82, 2.24) is 0 Å². The van der Waals surface area contributed by atoms with Crippen LogP contribution in [0.15, 0.2) is 30.4 Å². The van der Waals surface area contributed by atoms with Crippen LogP contribution in [0.5, 0.6) is 5.75 Å². The van der Waals surface area contributed by atoms with Crippen molar-refractivity contribution in [3.63, 3.8) is 0 Å². The molecule has 0 unspecified atom stereocenters. The van der Waals surface area contributed by atoms with Crippen molar-refractivity contribution >= 4 is 5.97 Å². The van der Waals surface area contributed by atoms with Crippen molar-refractivity contribution in [3.8, 4) is 5.75 Å². The van der Waals surface area contributed by atoms with Gasteiger partial charge >= 0.3 is 5.97 Å². The minimum atomic E-state index is -0.298. The Morgan fingerprint density at radius 3 is 2.19 bits per heavy atom. The standard InChI is InChI=1S/C18H26O3/c1-14(2)18(19)21-13-8-6-5-7-12-20-17-15(3)10-9-11-16(17)4/h9-11H,1,5-8,12-13H2,2-4H3. The summed E-state index contributed by atoms with van der Waals surface area (Å²) in [5, 5.41) is 0. The summed E-state index contributed by atoms with van der Waals surface area (Å²) in [5.41, 5.74) is 2.82. The normalized spacial score (nSPS) is 10.2. The number of hydrogen-bond donors (Lipinski definition) is 0. The van der Waals surface area contributed by atoms with Crippen molar-refractivity contribution in [2.45, 2.75) is 46.5 Å². The number of para-hydroxylation sites is 1. The average molecular weight is 290 g/mol. The van der Waals surface area contributed by atoms with Crippen molar-refractivity contribution in [2.24, 2.45) is 0 Å². The largest absolute Gasteiger partial charge is 0.493 e. The smallest absolute Gasteiger partial charge is 0.333 e. The van der Waals surface area contributed by atoms with E-state index in [1.165, 1.54) is 11.1 Å². The number of benzene rings is 1. The molecule has 0 aliphatic rings. The number of aryl methyl sites for hydroxylation is 2. The Hall–Kier alpha value is -1.77. The van der Waals surface area contributed by atoms with Gasteiger partial charge in [0.2, 0.25) is 0 Å². The van der Waals surface area contributed by atoms with Gasteiger partial charge in [0.1, 0.15) is 5.75 Å². The van der Waals surface area contributed by atoms with Gasteiger partial charge in [0.25, 0.3) is 0 Å². The molecule has 0 amide bonds. The molecule has 0 aromatic heterocycles. The van der Waals surface area contributed by atoms with Crippen LogP contribution < -0.4 is 4.74 Å².